The van der Waals surface area contributed by atoms with Crippen LogP contribution in [-0.2, 0) is 0 Å². The Morgan fingerprint density at radius 2 is 1.67 bits per heavy atom. The summed E-state index contributed by atoms with van der Waals surface area (Å²) in [5.74, 6) is -0.729. The van der Waals surface area contributed by atoms with E-state index in [9.17, 15) is 14.0 Å². The van der Waals surface area contributed by atoms with E-state index in [1.54, 1.807) is 53.3 Å². The van der Waals surface area contributed by atoms with Crippen LogP contribution in [0.25, 0.3) is 0 Å². The van der Waals surface area contributed by atoms with Crippen LogP contribution in [0.3, 0.4) is 0 Å². The van der Waals surface area contributed by atoms with Gasteiger partial charge in [-0.3, -0.25) is 14.6 Å². The molecule has 1 aromatic heterocycles. The molecule has 24 heavy (non-hydrogen) atoms. The van der Waals surface area contributed by atoms with Crippen molar-refractivity contribution in [3.8, 4) is 0 Å². The fourth-order valence-electron chi connectivity index (χ4n) is 2.67. The SMILES string of the molecule is Cc1ccc(C(=O)N2CCN(C(=O)c3ccccn3)CC2)cc1F. The van der Waals surface area contributed by atoms with Gasteiger partial charge in [-0.25, -0.2) is 4.39 Å². The molecule has 0 spiro atoms. The predicted molar refractivity (Wildman–Crippen MR) is 87.2 cm³/mol. The van der Waals surface area contributed by atoms with Gasteiger partial charge in [-0.1, -0.05) is 12.1 Å². The molecule has 1 aliphatic rings. The van der Waals surface area contributed by atoms with Crippen LogP contribution in [0.4, 0.5) is 4.39 Å². The molecular formula is C18H18FN3O2. The number of rotatable bonds is 2. The number of halogens is 1. The van der Waals surface area contributed by atoms with E-state index in [2.05, 4.69) is 4.98 Å². The fourth-order valence-corrected chi connectivity index (χ4v) is 2.67. The molecule has 0 aliphatic carbocycles. The number of carbonyl (C=O) groups is 2. The Kier molecular flexibility index (Phi) is 4.55. The van der Waals surface area contributed by atoms with Gasteiger partial charge in [0.05, 0.1) is 0 Å². The number of benzene rings is 1. The number of pyridine rings is 1. The van der Waals surface area contributed by atoms with Gasteiger partial charge in [0.2, 0.25) is 0 Å². The van der Waals surface area contributed by atoms with Crippen molar-refractivity contribution in [2.24, 2.45) is 0 Å². The van der Waals surface area contributed by atoms with Crippen molar-refractivity contribution in [2.45, 2.75) is 6.92 Å². The summed E-state index contributed by atoms with van der Waals surface area (Å²) in [7, 11) is 0. The quantitative estimate of drug-likeness (QED) is 0.849. The maximum Gasteiger partial charge on any atom is 0.272 e. The molecule has 2 aromatic rings. The first kappa shape index (κ1) is 16.1. The van der Waals surface area contributed by atoms with Crippen molar-refractivity contribution in [3.63, 3.8) is 0 Å². The lowest BCUT2D eigenvalue weighted by atomic mass is 10.1. The van der Waals surface area contributed by atoms with Crippen molar-refractivity contribution in [1.29, 1.82) is 0 Å². The molecule has 0 N–H and O–H groups in total. The molecule has 3 rings (SSSR count). The Bertz CT molecular complexity index is 756. The predicted octanol–water partition coefficient (Wildman–Crippen LogP) is 2.13. The molecule has 0 saturated carbocycles. The highest BCUT2D eigenvalue weighted by atomic mass is 19.1. The first-order chi connectivity index (χ1) is 11.6. The van der Waals surface area contributed by atoms with E-state index in [1.807, 2.05) is 0 Å². The number of hydrogen-bond donors (Lipinski definition) is 0. The number of piperazine rings is 1. The molecule has 2 amide bonds. The Morgan fingerprint density at radius 1 is 1.00 bits per heavy atom. The minimum Gasteiger partial charge on any atom is -0.335 e. The maximum absolute atomic E-state index is 13.6. The molecule has 0 radical (unpaired) electrons. The summed E-state index contributed by atoms with van der Waals surface area (Å²) < 4.78 is 13.6. The van der Waals surface area contributed by atoms with Crippen molar-refractivity contribution < 1.29 is 14.0 Å². The van der Waals surface area contributed by atoms with Crippen LogP contribution in [0.15, 0.2) is 42.6 Å². The van der Waals surface area contributed by atoms with E-state index < -0.39 is 0 Å². The third kappa shape index (κ3) is 3.27. The van der Waals surface area contributed by atoms with E-state index in [4.69, 9.17) is 0 Å². The second-order valence-corrected chi connectivity index (χ2v) is 5.76. The van der Waals surface area contributed by atoms with Gasteiger partial charge in [-0.15, -0.1) is 0 Å². The van der Waals surface area contributed by atoms with Crippen molar-refractivity contribution in [1.82, 2.24) is 14.8 Å². The molecule has 0 unspecified atom stereocenters. The van der Waals surface area contributed by atoms with Gasteiger partial charge in [0.15, 0.2) is 0 Å². The van der Waals surface area contributed by atoms with E-state index in [0.717, 1.165) is 0 Å². The zero-order valence-corrected chi connectivity index (χ0v) is 13.4. The van der Waals surface area contributed by atoms with Crippen LogP contribution in [0, 0.1) is 12.7 Å². The van der Waals surface area contributed by atoms with E-state index in [-0.39, 0.29) is 17.6 Å². The largest absolute Gasteiger partial charge is 0.335 e. The van der Waals surface area contributed by atoms with Crippen molar-refractivity contribution in [3.05, 3.63) is 65.2 Å². The van der Waals surface area contributed by atoms with Crippen LogP contribution in [-0.4, -0.2) is 52.8 Å². The summed E-state index contributed by atoms with van der Waals surface area (Å²) in [6, 6.07) is 9.70. The smallest absolute Gasteiger partial charge is 0.272 e. The molecule has 1 aliphatic heterocycles. The molecule has 0 atom stereocenters. The summed E-state index contributed by atoms with van der Waals surface area (Å²) in [6.07, 6.45) is 1.58. The average Bonchev–Trinajstić information content (AvgIpc) is 2.63. The summed E-state index contributed by atoms with van der Waals surface area (Å²) in [6.45, 7) is 3.39. The number of nitrogens with zero attached hydrogens (tertiary/aromatic N) is 3. The second kappa shape index (κ2) is 6.78. The summed E-state index contributed by atoms with van der Waals surface area (Å²) in [4.78, 5) is 32.2. The molecule has 1 fully saturated rings. The lowest BCUT2D eigenvalue weighted by molar-refractivity contribution is 0.0532. The highest BCUT2D eigenvalue weighted by Crippen LogP contribution is 2.14. The molecule has 6 heteroatoms. The zero-order chi connectivity index (χ0) is 17.1. The van der Waals surface area contributed by atoms with E-state index in [0.29, 0.717) is 43.0 Å². The Hall–Kier alpha value is -2.76. The van der Waals surface area contributed by atoms with Crippen LogP contribution in [0.1, 0.15) is 26.4 Å². The normalized spacial score (nSPS) is 14.6. The van der Waals surface area contributed by atoms with Crippen LogP contribution in [0.5, 0.6) is 0 Å². The van der Waals surface area contributed by atoms with Gasteiger partial charge in [0.25, 0.3) is 11.8 Å². The lowest BCUT2D eigenvalue weighted by Gasteiger charge is -2.34. The number of aryl methyl sites for hydroxylation is 1. The van der Waals surface area contributed by atoms with Gasteiger partial charge >= 0.3 is 0 Å². The van der Waals surface area contributed by atoms with Gasteiger partial charge in [-0.2, -0.15) is 0 Å². The van der Waals surface area contributed by atoms with Gasteiger partial charge in [0.1, 0.15) is 11.5 Å². The average molecular weight is 327 g/mol. The van der Waals surface area contributed by atoms with Crippen LogP contribution >= 0.6 is 0 Å². The number of hydrogen-bond acceptors (Lipinski definition) is 3. The molecule has 1 saturated heterocycles. The molecule has 5 nitrogen and oxygen atoms in total. The van der Waals surface area contributed by atoms with Crippen molar-refractivity contribution in [2.75, 3.05) is 26.2 Å². The zero-order valence-electron chi connectivity index (χ0n) is 13.4. The first-order valence-electron chi connectivity index (χ1n) is 7.82. The highest BCUT2D eigenvalue weighted by Gasteiger charge is 2.26. The second-order valence-electron chi connectivity index (χ2n) is 5.76. The summed E-state index contributed by atoms with van der Waals surface area (Å²) >= 11 is 0. The number of amides is 2. The van der Waals surface area contributed by atoms with Crippen LogP contribution in [0.2, 0.25) is 0 Å². The monoisotopic (exact) mass is 327 g/mol. The fraction of sp³-hybridized carbons (Fsp3) is 0.278. The molecular weight excluding hydrogens is 309 g/mol. The maximum atomic E-state index is 13.6. The van der Waals surface area contributed by atoms with Gasteiger partial charge < -0.3 is 9.80 Å². The molecule has 1 aromatic carbocycles. The summed E-state index contributed by atoms with van der Waals surface area (Å²) in [5.41, 5.74) is 1.25. The third-order valence-electron chi connectivity index (χ3n) is 4.16. The van der Waals surface area contributed by atoms with Crippen molar-refractivity contribution >= 4 is 11.8 Å². The Morgan fingerprint density at radius 3 is 2.25 bits per heavy atom. The lowest BCUT2D eigenvalue weighted by Crippen LogP contribution is -2.50. The minimum absolute atomic E-state index is 0.135. The number of aromatic nitrogens is 1. The van der Waals surface area contributed by atoms with E-state index >= 15 is 0 Å². The summed E-state index contributed by atoms with van der Waals surface area (Å²) in [5, 5.41) is 0. The molecule has 2 heterocycles. The minimum atomic E-state index is -0.384. The van der Waals surface area contributed by atoms with Crippen LogP contribution < -0.4 is 0 Å². The topological polar surface area (TPSA) is 53.5 Å². The van der Waals surface area contributed by atoms with Gasteiger partial charge in [-0.05, 0) is 36.8 Å². The molecule has 124 valence electrons. The standard InChI is InChI=1S/C18H18FN3O2/c1-13-5-6-14(12-15(13)19)17(23)21-8-10-22(11-9-21)18(24)16-4-2-3-7-20-16/h2-7,12H,8-11H2,1H3. The Labute approximate surface area is 139 Å². The third-order valence-corrected chi connectivity index (χ3v) is 4.16. The van der Waals surface area contributed by atoms with E-state index in [1.165, 1.54) is 6.07 Å². The van der Waals surface area contributed by atoms with Gasteiger partial charge in [0, 0.05) is 37.9 Å². The molecule has 0 bridgehead atoms. The highest BCUT2D eigenvalue weighted by molar-refractivity contribution is 5.95. The first-order valence-corrected chi connectivity index (χ1v) is 7.82. The Balaban J connectivity index is 1.63. The number of carbonyl (C=O) groups excluding carboxylic acids is 2.